The average molecular weight is 694 g/mol. The monoisotopic (exact) mass is 694 g/mol. The fourth-order valence-electron chi connectivity index (χ4n) is 6.17. The zero-order valence-corrected chi connectivity index (χ0v) is 34.7. The number of amides is 1. The highest BCUT2D eigenvalue weighted by atomic mass is 16.5. The SMILES string of the molecule is CC(C)C1CC1.CC(C)C1CCOCC1.CC(C)N1CCCC1.CC(C)N1CCCC1=O.CC(C)c1ccccc1.CC(C)c1ccccn1. The molecule has 0 N–H and O–H groups in total. The Balaban J connectivity index is 0.000000301. The molecule has 0 unspecified atom stereocenters. The number of nitrogens with zero attached hydrogens (tertiary/aromatic N) is 3. The van der Waals surface area contributed by atoms with Crippen LogP contribution in [0.15, 0.2) is 54.7 Å². The molecule has 0 spiro atoms. The van der Waals surface area contributed by atoms with Crippen molar-refractivity contribution in [3.63, 3.8) is 0 Å². The zero-order valence-electron chi connectivity index (χ0n) is 34.7. The van der Waals surface area contributed by atoms with E-state index in [2.05, 4.69) is 117 Å². The van der Waals surface area contributed by atoms with Crippen molar-refractivity contribution in [2.45, 2.75) is 158 Å². The molecular weight excluding hydrogens is 615 g/mol. The number of ether oxygens (including phenoxy) is 1. The smallest absolute Gasteiger partial charge is 0.222 e. The summed E-state index contributed by atoms with van der Waals surface area (Å²) in [7, 11) is 0. The summed E-state index contributed by atoms with van der Waals surface area (Å²) in [6.07, 6.45) is 12.0. The highest BCUT2D eigenvalue weighted by molar-refractivity contribution is 5.78. The standard InChI is InChI=1S/C9H12.C8H11N.C8H16O.C7H13NO.C7H15N.C6H12/c1-8(2)9-6-4-3-5-7-9;1-7(2)8-5-3-4-6-9-8;1-7(2)8-3-5-9-6-4-8;1-6(2)8-5-3-4-7(8)9;1-7(2)8-5-3-4-6-8;1-5(2)6-3-4-6/h3-8H,1-2H3;3-7H,1-2H3;7-8H,3-6H2,1-2H3;6H,3-5H2,1-2H3;7H,3-6H2,1-2H3;5-6H,3-4H2,1-2H3. The first kappa shape index (κ1) is 45.8. The minimum atomic E-state index is 0.324. The molecule has 5 nitrogen and oxygen atoms in total. The summed E-state index contributed by atoms with van der Waals surface area (Å²) in [6.45, 7) is 32.2. The molecule has 3 saturated heterocycles. The van der Waals surface area contributed by atoms with Crippen LogP contribution in [0.2, 0.25) is 0 Å². The number of carbonyl (C=O) groups is 1. The van der Waals surface area contributed by atoms with Gasteiger partial charge in [-0.05, 0) is 139 Å². The lowest BCUT2D eigenvalue weighted by atomic mass is 9.89. The molecule has 4 fully saturated rings. The topological polar surface area (TPSA) is 45.7 Å². The number of hydrogen-bond donors (Lipinski definition) is 0. The predicted molar refractivity (Wildman–Crippen MR) is 217 cm³/mol. The van der Waals surface area contributed by atoms with Crippen molar-refractivity contribution in [2.75, 3.05) is 32.8 Å². The maximum Gasteiger partial charge on any atom is 0.222 e. The third-order valence-electron chi connectivity index (χ3n) is 10.1. The Hall–Kier alpha value is -2.24. The molecule has 1 aliphatic carbocycles. The Labute approximate surface area is 310 Å². The number of pyridine rings is 1. The van der Waals surface area contributed by atoms with Crippen LogP contribution in [0, 0.1) is 23.7 Å². The molecule has 3 aliphatic heterocycles. The molecule has 1 amide bonds. The van der Waals surface area contributed by atoms with Gasteiger partial charge in [-0.1, -0.05) is 91.8 Å². The first-order chi connectivity index (χ1) is 23.7. The Kier molecular flexibility index (Phi) is 24.3. The van der Waals surface area contributed by atoms with Gasteiger partial charge in [-0.15, -0.1) is 0 Å². The van der Waals surface area contributed by atoms with Crippen LogP contribution in [0.25, 0.3) is 0 Å². The van der Waals surface area contributed by atoms with Crippen molar-refractivity contribution in [1.82, 2.24) is 14.8 Å². The van der Waals surface area contributed by atoms with E-state index in [1.807, 2.05) is 35.4 Å². The Morgan fingerprint density at radius 1 is 0.620 bits per heavy atom. The quantitative estimate of drug-likeness (QED) is 0.302. The van der Waals surface area contributed by atoms with Gasteiger partial charge in [-0.3, -0.25) is 9.78 Å². The van der Waals surface area contributed by atoms with Gasteiger partial charge >= 0.3 is 0 Å². The normalized spacial score (nSPS) is 17.7. The van der Waals surface area contributed by atoms with Crippen LogP contribution in [-0.4, -0.2) is 65.6 Å². The lowest BCUT2D eigenvalue weighted by Crippen LogP contribution is -2.31. The van der Waals surface area contributed by atoms with Crippen molar-refractivity contribution < 1.29 is 9.53 Å². The van der Waals surface area contributed by atoms with Gasteiger partial charge < -0.3 is 14.5 Å². The van der Waals surface area contributed by atoms with Crippen LogP contribution < -0.4 is 0 Å². The van der Waals surface area contributed by atoms with E-state index in [-0.39, 0.29) is 0 Å². The van der Waals surface area contributed by atoms with Gasteiger partial charge in [-0.2, -0.15) is 0 Å². The van der Waals surface area contributed by atoms with E-state index in [4.69, 9.17) is 4.74 Å². The minimum Gasteiger partial charge on any atom is -0.381 e. The highest BCUT2D eigenvalue weighted by Crippen LogP contribution is 2.35. The second kappa shape index (κ2) is 26.5. The number of aromatic nitrogens is 1. The third-order valence-corrected chi connectivity index (χ3v) is 10.1. The average Bonchev–Trinajstić information content (AvgIpc) is 3.64. The van der Waals surface area contributed by atoms with E-state index < -0.39 is 0 Å². The van der Waals surface area contributed by atoms with E-state index in [0.29, 0.717) is 23.8 Å². The first-order valence-corrected chi connectivity index (χ1v) is 20.3. The zero-order chi connectivity index (χ0) is 37.5. The third kappa shape index (κ3) is 21.2. The number of rotatable bonds is 6. The van der Waals surface area contributed by atoms with Gasteiger partial charge in [0.1, 0.15) is 0 Å². The van der Waals surface area contributed by atoms with Crippen molar-refractivity contribution in [3.05, 3.63) is 66.0 Å². The largest absolute Gasteiger partial charge is 0.381 e. The van der Waals surface area contributed by atoms with Crippen molar-refractivity contribution in [1.29, 1.82) is 0 Å². The molecule has 0 bridgehead atoms. The summed E-state index contributed by atoms with van der Waals surface area (Å²) in [4.78, 5) is 19.6. The van der Waals surface area contributed by atoms with Crippen molar-refractivity contribution in [2.24, 2.45) is 23.7 Å². The second-order valence-electron chi connectivity index (χ2n) is 16.4. The van der Waals surface area contributed by atoms with Gasteiger partial charge in [0.25, 0.3) is 0 Å². The fraction of sp³-hybridized carbons (Fsp3) is 0.733. The Morgan fingerprint density at radius 2 is 1.16 bits per heavy atom. The molecular formula is C45H79N3O2. The van der Waals surface area contributed by atoms with E-state index in [1.165, 1.54) is 57.2 Å². The number of benzene rings is 1. The summed E-state index contributed by atoms with van der Waals surface area (Å²) in [5.74, 6) is 5.38. The molecule has 0 atom stereocenters. The van der Waals surface area contributed by atoms with Crippen LogP contribution in [0.5, 0.6) is 0 Å². The Bertz CT molecular complexity index is 1020. The van der Waals surface area contributed by atoms with Crippen LogP contribution in [-0.2, 0) is 9.53 Å². The molecule has 50 heavy (non-hydrogen) atoms. The molecule has 1 aromatic heterocycles. The molecule has 1 saturated carbocycles. The molecule has 6 rings (SSSR count). The van der Waals surface area contributed by atoms with Gasteiger partial charge in [0.2, 0.25) is 5.91 Å². The molecule has 5 heteroatoms. The van der Waals surface area contributed by atoms with Crippen LogP contribution in [0.4, 0.5) is 0 Å². The van der Waals surface area contributed by atoms with E-state index in [0.717, 1.165) is 68.0 Å². The summed E-state index contributed by atoms with van der Waals surface area (Å²) in [6, 6.07) is 17.7. The van der Waals surface area contributed by atoms with Gasteiger partial charge in [0.05, 0.1) is 0 Å². The summed E-state index contributed by atoms with van der Waals surface area (Å²) in [5, 5.41) is 0. The summed E-state index contributed by atoms with van der Waals surface area (Å²) >= 11 is 0. The molecule has 2 aromatic rings. The molecule has 4 aliphatic rings. The fourth-order valence-corrected chi connectivity index (χ4v) is 6.17. The Morgan fingerprint density at radius 3 is 1.42 bits per heavy atom. The van der Waals surface area contributed by atoms with Gasteiger partial charge in [-0.25, -0.2) is 0 Å². The molecule has 1 aromatic carbocycles. The number of carbonyl (C=O) groups excluding carboxylic acids is 1. The van der Waals surface area contributed by atoms with Gasteiger partial charge in [0.15, 0.2) is 0 Å². The van der Waals surface area contributed by atoms with Gasteiger partial charge in [0, 0.05) is 50.2 Å². The van der Waals surface area contributed by atoms with E-state index in [1.54, 1.807) is 0 Å². The van der Waals surface area contributed by atoms with Crippen LogP contribution in [0.1, 0.15) is 158 Å². The highest BCUT2D eigenvalue weighted by Gasteiger charge is 2.24. The number of hydrogen-bond acceptors (Lipinski definition) is 4. The maximum absolute atomic E-state index is 10.9. The minimum absolute atomic E-state index is 0.324. The first-order valence-electron chi connectivity index (χ1n) is 20.3. The molecule has 286 valence electrons. The van der Waals surface area contributed by atoms with Crippen LogP contribution in [0.3, 0.4) is 0 Å². The van der Waals surface area contributed by atoms with E-state index >= 15 is 0 Å². The number of likely N-dealkylation sites (tertiary alicyclic amines) is 2. The van der Waals surface area contributed by atoms with E-state index in [9.17, 15) is 4.79 Å². The second-order valence-corrected chi connectivity index (χ2v) is 16.4. The maximum atomic E-state index is 10.9. The van der Waals surface area contributed by atoms with Crippen molar-refractivity contribution >= 4 is 5.91 Å². The molecule has 0 radical (unpaired) electrons. The summed E-state index contributed by atoms with van der Waals surface area (Å²) in [5.41, 5.74) is 2.58. The predicted octanol–water partition coefficient (Wildman–Crippen LogP) is 11.6. The van der Waals surface area contributed by atoms with Crippen molar-refractivity contribution in [3.8, 4) is 0 Å². The lowest BCUT2D eigenvalue weighted by Gasteiger charge is -2.24. The lowest BCUT2D eigenvalue weighted by molar-refractivity contribution is -0.129. The van der Waals surface area contributed by atoms with Crippen LogP contribution >= 0.6 is 0 Å². The molecule has 4 heterocycles. The summed E-state index contributed by atoms with van der Waals surface area (Å²) < 4.78 is 5.25.